The third-order valence-corrected chi connectivity index (χ3v) is 11.1. The topological polar surface area (TPSA) is 56.7 Å². The van der Waals surface area contributed by atoms with Crippen LogP contribution in [0.5, 0.6) is 0 Å². The van der Waals surface area contributed by atoms with Crippen molar-refractivity contribution >= 4 is 65.6 Å². The zero-order chi connectivity index (χ0) is 36.0. The lowest BCUT2D eigenvalue weighted by Crippen LogP contribution is -2.20. The number of imidazole rings is 1. The standard InChI is InChI=1S/C48H38N4O/c1-28(2)41-34-18-11-9-16-32(34)33-17-10-12-19-35(33)43(41)52-44-39(26-24-30-23-22-29(3)49-42(30)44)50-46(52)38-21-13-20-36-37-25-27-40(51-47(37)53-45(36)38)48(4,5)31-14-7-6-8-15-31/h6-28H,1-5H3. The van der Waals surface area contributed by atoms with Crippen LogP contribution in [-0.4, -0.2) is 19.5 Å². The second-order valence-electron chi connectivity index (χ2n) is 15.1. The van der Waals surface area contributed by atoms with Gasteiger partial charge in [-0.3, -0.25) is 9.55 Å². The van der Waals surface area contributed by atoms with Crippen LogP contribution in [0.1, 0.15) is 56.1 Å². The molecule has 6 aromatic carbocycles. The van der Waals surface area contributed by atoms with Crippen molar-refractivity contribution in [3.05, 3.63) is 156 Å². The Kier molecular flexibility index (Phi) is 6.87. The molecule has 0 N–H and O–H groups in total. The van der Waals surface area contributed by atoms with E-state index in [2.05, 4.69) is 173 Å². The Morgan fingerprint density at radius 3 is 2.06 bits per heavy atom. The zero-order valence-electron chi connectivity index (χ0n) is 30.5. The van der Waals surface area contributed by atoms with E-state index in [1.807, 2.05) is 0 Å². The van der Waals surface area contributed by atoms with Crippen molar-refractivity contribution in [3.63, 3.8) is 0 Å². The van der Waals surface area contributed by atoms with Gasteiger partial charge >= 0.3 is 0 Å². The predicted molar refractivity (Wildman–Crippen MR) is 219 cm³/mol. The highest BCUT2D eigenvalue weighted by Crippen LogP contribution is 2.45. The molecule has 5 nitrogen and oxygen atoms in total. The van der Waals surface area contributed by atoms with Gasteiger partial charge in [-0.15, -0.1) is 0 Å². The van der Waals surface area contributed by atoms with Crippen LogP contribution in [0.3, 0.4) is 0 Å². The first-order valence-electron chi connectivity index (χ1n) is 18.4. The van der Waals surface area contributed by atoms with Gasteiger partial charge in [-0.05, 0) is 70.5 Å². The molecule has 5 heteroatoms. The summed E-state index contributed by atoms with van der Waals surface area (Å²) in [4.78, 5) is 15.8. The number of rotatable bonds is 5. The summed E-state index contributed by atoms with van der Waals surface area (Å²) in [5, 5.41) is 7.95. The van der Waals surface area contributed by atoms with Crippen LogP contribution in [0.2, 0.25) is 0 Å². The summed E-state index contributed by atoms with van der Waals surface area (Å²) in [7, 11) is 0. The Morgan fingerprint density at radius 2 is 1.28 bits per heavy atom. The van der Waals surface area contributed by atoms with Crippen LogP contribution in [-0.2, 0) is 5.41 Å². The van der Waals surface area contributed by atoms with Gasteiger partial charge in [0.25, 0.3) is 0 Å². The molecule has 53 heavy (non-hydrogen) atoms. The molecule has 0 saturated carbocycles. The third-order valence-electron chi connectivity index (χ3n) is 11.1. The lowest BCUT2D eigenvalue weighted by Gasteiger charge is -2.24. The number of para-hydroxylation sites is 1. The molecule has 0 atom stereocenters. The highest BCUT2D eigenvalue weighted by Gasteiger charge is 2.28. The van der Waals surface area contributed by atoms with E-state index in [-0.39, 0.29) is 11.3 Å². The molecule has 4 heterocycles. The van der Waals surface area contributed by atoms with Gasteiger partial charge in [0, 0.05) is 32.7 Å². The van der Waals surface area contributed by atoms with Crippen LogP contribution < -0.4 is 0 Å². The minimum Gasteiger partial charge on any atom is -0.437 e. The Bertz CT molecular complexity index is 3080. The maximum Gasteiger partial charge on any atom is 0.227 e. The summed E-state index contributed by atoms with van der Waals surface area (Å²) >= 11 is 0. The first-order valence-corrected chi connectivity index (χ1v) is 18.4. The number of fused-ring (bicyclic) bond motifs is 9. The summed E-state index contributed by atoms with van der Waals surface area (Å²) in [6.45, 7) is 11.1. The maximum absolute atomic E-state index is 6.86. The van der Waals surface area contributed by atoms with Crippen molar-refractivity contribution in [1.82, 2.24) is 19.5 Å². The van der Waals surface area contributed by atoms with Crippen molar-refractivity contribution in [2.45, 2.75) is 46.0 Å². The number of hydrogen-bond acceptors (Lipinski definition) is 4. The lowest BCUT2D eigenvalue weighted by molar-refractivity contribution is 0.601. The fraction of sp³-hybridized carbons (Fsp3) is 0.146. The molecule has 0 radical (unpaired) electrons. The van der Waals surface area contributed by atoms with Gasteiger partial charge in [-0.1, -0.05) is 131 Å². The molecular formula is C48H38N4O. The molecule has 0 aliphatic carbocycles. The first-order chi connectivity index (χ1) is 25.8. The van der Waals surface area contributed by atoms with Crippen molar-refractivity contribution in [2.75, 3.05) is 0 Å². The van der Waals surface area contributed by atoms with Gasteiger partial charge in [-0.2, -0.15) is 0 Å². The summed E-state index contributed by atoms with van der Waals surface area (Å²) in [5.74, 6) is 1.03. The quantitative estimate of drug-likeness (QED) is 0.169. The van der Waals surface area contributed by atoms with E-state index in [1.165, 1.54) is 32.7 Å². The monoisotopic (exact) mass is 686 g/mol. The molecule has 0 aliphatic rings. The molecular weight excluding hydrogens is 649 g/mol. The number of aryl methyl sites for hydroxylation is 1. The number of aromatic nitrogens is 4. The molecule has 0 bridgehead atoms. The van der Waals surface area contributed by atoms with E-state index in [9.17, 15) is 0 Å². The average molecular weight is 687 g/mol. The molecule has 0 aliphatic heterocycles. The number of benzene rings is 6. The molecule has 10 rings (SSSR count). The molecule has 0 spiro atoms. The van der Waals surface area contributed by atoms with Gasteiger partial charge < -0.3 is 4.42 Å². The summed E-state index contributed by atoms with van der Waals surface area (Å²) in [6, 6.07) is 47.3. The highest BCUT2D eigenvalue weighted by atomic mass is 16.3. The van der Waals surface area contributed by atoms with E-state index in [1.54, 1.807) is 0 Å². The number of hydrogen-bond donors (Lipinski definition) is 0. The molecule has 0 unspecified atom stereocenters. The van der Waals surface area contributed by atoms with E-state index >= 15 is 0 Å². The van der Waals surface area contributed by atoms with E-state index in [4.69, 9.17) is 19.4 Å². The van der Waals surface area contributed by atoms with E-state index in [0.717, 1.165) is 66.8 Å². The SMILES string of the molecule is Cc1ccc2ccc3nc(-c4cccc5c4oc4nc(C(C)(C)c6ccccc6)ccc45)n(-c4c(C(C)C)c5ccccc5c5ccccc45)c3c2n1. The van der Waals surface area contributed by atoms with Crippen molar-refractivity contribution in [1.29, 1.82) is 0 Å². The smallest absolute Gasteiger partial charge is 0.227 e. The van der Waals surface area contributed by atoms with Crippen LogP contribution in [0.4, 0.5) is 0 Å². The first kappa shape index (κ1) is 31.4. The zero-order valence-corrected chi connectivity index (χ0v) is 30.5. The van der Waals surface area contributed by atoms with E-state index in [0.29, 0.717) is 5.71 Å². The van der Waals surface area contributed by atoms with Gasteiger partial charge in [-0.25, -0.2) is 9.97 Å². The predicted octanol–water partition coefficient (Wildman–Crippen LogP) is 12.6. The fourth-order valence-corrected chi connectivity index (χ4v) is 8.42. The molecule has 0 amide bonds. The molecule has 4 aromatic heterocycles. The average Bonchev–Trinajstić information content (AvgIpc) is 3.76. The number of nitrogens with zero attached hydrogens (tertiary/aromatic N) is 4. The van der Waals surface area contributed by atoms with Crippen molar-refractivity contribution in [2.24, 2.45) is 0 Å². The minimum atomic E-state index is -0.304. The fourth-order valence-electron chi connectivity index (χ4n) is 8.42. The largest absolute Gasteiger partial charge is 0.437 e. The third kappa shape index (κ3) is 4.66. The van der Waals surface area contributed by atoms with Gasteiger partial charge in [0.05, 0.1) is 33.5 Å². The maximum atomic E-state index is 6.86. The Balaban J connectivity index is 1.33. The summed E-state index contributed by atoms with van der Waals surface area (Å²) in [5.41, 5.74) is 10.3. The number of furan rings is 1. The minimum absolute atomic E-state index is 0.215. The lowest BCUT2D eigenvalue weighted by atomic mass is 9.81. The molecule has 10 aromatic rings. The van der Waals surface area contributed by atoms with Crippen LogP contribution >= 0.6 is 0 Å². The molecule has 0 fully saturated rings. The Labute approximate surface area is 307 Å². The Morgan fingerprint density at radius 1 is 0.604 bits per heavy atom. The second-order valence-corrected chi connectivity index (χ2v) is 15.1. The molecule has 0 saturated heterocycles. The van der Waals surface area contributed by atoms with Gasteiger partial charge in [0.2, 0.25) is 5.71 Å². The summed E-state index contributed by atoms with van der Waals surface area (Å²) < 4.78 is 9.24. The van der Waals surface area contributed by atoms with E-state index < -0.39 is 0 Å². The summed E-state index contributed by atoms with van der Waals surface area (Å²) in [6.07, 6.45) is 0. The van der Waals surface area contributed by atoms with Crippen LogP contribution in [0.15, 0.2) is 138 Å². The van der Waals surface area contributed by atoms with Crippen LogP contribution in [0.25, 0.3) is 82.6 Å². The van der Waals surface area contributed by atoms with Crippen LogP contribution in [0, 0.1) is 6.92 Å². The van der Waals surface area contributed by atoms with Crippen molar-refractivity contribution < 1.29 is 4.42 Å². The normalized spacial score (nSPS) is 12.4. The number of pyridine rings is 2. The van der Waals surface area contributed by atoms with Crippen molar-refractivity contribution in [3.8, 4) is 17.1 Å². The Hall–Kier alpha value is -6.33. The molecule has 256 valence electrons. The second kappa shape index (κ2) is 11.6. The van der Waals surface area contributed by atoms with Gasteiger partial charge in [0.1, 0.15) is 11.4 Å². The van der Waals surface area contributed by atoms with Gasteiger partial charge in [0.15, 0.2) is 0 Å². The highest BCUT2D eigenvalue weighted by molar-refractivity contribution is 6.16.